The minimum absolute atomic E-state index is 0.0151. The molecule has 2 aliphatic rings. The number of Topliss-reactive ketones (excluding diaryl/α,β-unsaturated/α-hetero) is 1. The summed E-state index contributed by atoms with van der Waals surface area (Å²) in [5.41, 5.74) is 0. The SMILES string of the molecule is COC(=O)C1CN(CCCN2CCOCC2)CCC1=O. The fourth-order valence-corrected chi connectivity index (χ4v) is 2.79. The van der Waals surface area contributed by atoms with Crippen molar-refractivity contribution < 1.29 is 19.1 Å². The first kappa shape index (κ1) is 15.4. The van der Waals surface area contributed by atoms with Gasteiger partial charge in [0.15, 0.2) is 0 Å². The number of esters is 1. The van der Waals surface area contributed by atoms with E-state index in [9.17, 15) is 9.59 Å². The Bertz CT molecular complexity index is 334. The third-order valence-corrected chi connectivity index (χ3v) is 4.04. The Morgan fingerprint density at radius 1 is 1.25 bits per heavy atom. The highest BCUT2D eigenvalue weighted by atomic mass is 16.5. The van der Waals surface area contributed by atoms with Crippen LogP contribution in [0.1, 0.15) is 12.8 Å². The lowest BCUT2D eigenvalue weighted by Crippen LogP contribution is -2.45. The third-order valence-electron chi connectivity index (χ3n) is 4.04. The number of piperidine rings is 1. The highest BCUT2D eigenvalue weighted by Gasteiger charge is 2.33. The van der Waals surface area contributed by atoms with Crippen LogP contribution in [-0.2, 0) is 19.1 Å². The highest BCUT2D eigenvalue weighted by molar-refractivity contribution is 5.99. The fourth-order valence-electron chi connectivity index (χ4n) is 2.79. The van der Waals surface area contributed by atoms with E-state index in [2.05, 4.69) is 9.80 Å². The molecule has 1 unspecified atom stereocenters. The molecule has 0 aromatic carbocycles. The van der Waals surface area contributed by atoms with Gasteiger partial charge in [0.2, 0.25) is 0 Å². The number of morpholine rings is 1. The van der Waals surface area contributed by atoms with Gasteiger partial charge in [0.25, 0.3) is 0 Å². The maximum absolute atomic E-state index is 11.7. The van der Waals surface area contributed by atoms with Crippen LogP contribution in [0, 0.1) is 5.92 Å². The molecule has 0 radical (unpaired) electrons. The molecule has 2 fully saturated rings. The Kier molecular flexibility index (Phi) is 5.94. The molecular weight excluding hydrogens is 260 g/mol. The summed E-state index contributed by atoms with van der Waals surface area (Å²) >= 11 is 0. The molecule has 6 heteroatoms. The Morgan fingerprint density at radius 2 is 1.95 bits per heavy atom. The Morgan fingerprint density at radius 3 is 2.65 bits per heavy atom. The number of ether oxygens (including phenoxy) is 2. The van der Waals surface area contributed by atoms with Gasteiger partial charge in [-0.05, 0) is 19.5 Å². The number of hydrogen-bond donors (Lipinski definition) is 0. The van der Waals surface area contributed by atoms with Crippen molar-refractivity contribution in [3.8, 4) is 0 Å². The van der Waals surface area contributed by atoms with E-state index in [4.69, 9.17) is 9.47 Å². The van der Waals surface area contributed by atoms with Crippen molar-refractivity contribution in [3.05, 3.63) is 0 Å². The molecule has 0 aromatic heterocycles. The zero-order valence-electron chi connectivity index (χ0n) is 12.2. The molecule has 0 aliphatic carbocycles. The first-order chi connectivity index (χ1) is 9.70. The van der Waals surface area contributed by atoms with Crippen LogP contribution in [0.25, 0.3) is 0 Å². The molecule has 0 spiro atoms. The minimum atomic E-state index is -0.586. The number of carbonyl (C=O) groups is 2. The largest absolute Gasteiger partial charge is 0.468 e. The van der Waals surface area contributed by atoms with Gasteiger partial charge in [0.05, 0.1) is 20.3 Å². The molecule has 2 saturated heterocycles. The Balaban J connectivity index is 1.70. The number of carbonyl (C=O) groups excluding carboxylic acids is 2. The van der Waals surface area contributed by atoms with Crippen molar-refractivity contribution in [1.29, 1.82) is 0 Å². The van der Waals surface area contributed by atoms with Crippen molar-refractivity contribution in [1.82, 2.24) is 9.80 Å². The topological polar surface area (TPSA) is 59.1 Å². The van der Waals surface area contributed by atoms with Crippen molar-refractivity contribution in [2.75, 3.05) is 59.6 Å². The van der Waals surface area contributed by atoms with Crippen LogP contribution in [0.2, 0.25) is 0 Å². The summed E-state index contributed by atoms with van der Waals surface area (Å²) in [6.07, 6.45) is 1.51. The Hall–Kier alpha value is -0.980. The van der Waals surface area contributed by atoms with E-state index in [1.54, 1.807) is 0 Å². The van der Waals surface area contributed by atoms with Gasteiger partial charge < -0.3 is 14.4 Å². The Labute approximate surface area is 120 Å². The molecular formula is C14H24N2O4. The summed E-state index contributed by atoms with van der Waals surface area (Å²) in [6, 6.07) is 0. The number of methoxy groups -OCH3 is 1. The van der Waals surface area contributed by atoms with E-state index >= 15 is 0 Å². The van der Waals surface area contributed by atoms with Crippen LogP contribution in [0.3, 0.4) is 0 Å². The lowest BCUT2D eigenvalue weighted by Gasteiger charge is -2.31. The van der Waals surface area contributed by atoms with Crippen molar-refractivity contribution >= 4 is 11.8 Å². The molecule has 0 saturated carbocycles. The first-order valence-electron chi connectivity index (χ1n) is 7.33. The normalized spacial score (nSPS) is 25.6. The van der Waals surface area contributed by atoms with Crippen LogP contribution in [0.15, 0.2) is 0 Å². The van der Waals surface area contributed by atoms with Gasteiger partial charge in [0.1, 0.15) is 11.7 Å². The molecule has 2 rings (SSSR count). The standard InChI is InChI=1S/C14H24N2O4/c1-19-14(18)12-11-16(6-3-13(12)17)5-2-4-15-7-9-20-10-8-15/h12H,2-11H2,1H3. The van der Waals surface area contributed by atoms with E-state index in [-0.39, 0.29) is 5.78 Å². The molecule has 0 aromatic rings. The minimum Gasteiger partial charge on any atom is -0.468 e. The second-order valence-corrected chi connectivity index (χ2v) is 5.40. The summed E-state index contributed by atoms with van der Waals surface area (Å²) in [4.78, 5) is 27.9. The molecule has 2 heterocycles. The number of hydrogen-bond acceptors (Lipinski definition) is 6. The van der Waals surface area contributed by atoms with Crippen molar-refractivity contribution in [2.24, 2.45) is 5.92 Å². The maximum Gasteiger partial charge on any atom is 0.317 e. The van der Waals surface area contributed by atoms with Gasteiger partial charge in [-0.25, -0.2) is 0 Å². The van der Waals surface area contributed by atoms with Gasteiger partial charge in [0, 0.05) is 32.6 Å². The number of ketones is 1. The van der Waals surface area contributed by atoms with E-state index in [1.807, 2.05) is 0 Å². The molecule has 114 valence electrons. The summed E-state index contributed by atoms with van der Waals surface area (Å²) in [7, 11) is 1.34. The average Bonchev–Trinajstić information content (AvgIpc) is 2.49. The second kappa shape index (κ2) is 7.71. The molecule has 1 atom stereocenters. The lowest BCUT2D eigenvalue weighted by molar-refractivity contribution is -0.151. The van der Waals surface area contributed by atoms with Crippen LogP contribution < -0.4 is 0 Å². The van der Waals surface area contributed by atoms with Gasteiger partial charge >= 0.3 is 5.97 Å². The molecule has 6 nitrogen and oxygen atoms in total. The summed E-state index contributed by atoms with van der Waals surface area (Å²) in [6.45, 7) is 6.90. The number of nitrogens with zero attached hydrogens (tertiary/aromatic N) is 2. The smallest absolute Gasteiger partial charge is 0.317 e. The maximum atomic E-state index is 11.7. The monoisotopic (exact) mass is 284 g/mol. The quantitative estimate of drug-likeness (QED) is 0.513. The predicted molar refractivity (Wildman–Crippen MR) is 73.4 cm³/mol. The molecule has 20 heavy (non-hydrogen) atoms. The van der Waals surface area contributed by atoms with Gasteiger partial charge in [-0.1, -0.05) is 0 Å². The zero-order valence-corrected chi connectivity index (χ0v) is 12.2. The molecule has 2 aliphatic heterocycles. The lowest BCUT2D eigenvalue weighted by atomic mass is 9.96. The van der Waals surface area contributed by atoms with Crippen molar-refractivity contribution in [3.63, 3.8) is 0 Å². The van der Waals surface area contributed by atoms with E-state index in [0.29, 0.717) is 13.0 Å². The fraction of sp³-hybridized carbons (Fsp3) is 0.857. The van der Waals surface area contributed by atoms with E-state index in [1.165, 1.54) is 7.11 Å². The summed E-state index contributed by atoms with van der Waals surface area (Å²) in [5.74, 6) is -0.966. The highest BCUT2D eigenvalue weighted by Crippen LogP contribution is 2.15. The van der Waals surface area contributed by atoms with Gasteiger partial charge in [-0.15, -0.1) is 0 Å². The van der Waals surface area contributed by atoms with Crippen LogP contribution in [-0.4, -0.2) is 81.1 Å². The van der Waals surface area contributed by atoms with Crippen LogP contribution in [0.4, 0.5) is 0 Å². The average molecular weight is 284 g/mol. The van der Waals surface area contributed by atoms with E-state index in [0.717, 1.165) is 52.4 Å². The zero-order chi connectivity index (χ0) is 14.4. The summed E-state index contributed by atoms with van der Waals surface area (Å²) < 4.78 is 10.0. The number of rotatable bonds is 5. The van der Waals surface area contributed by atoms with Gasteiger partial charge in [-0.2, -0.15) is 0 Å². The number of likely N-dealkylation sites (tertiary alicyclic amines) is 1. The molecule has 0 N–H and O–H groups in total. The van der Waals surface area contributed by atoms with Crippen LogP contribution in [0.5, 0.6) is 0 Å². The van der Waals surface area contributed by atoms with Crippen LogP contribution >= 0.6 is 0 Å². The third kappa shape index (κ3) is 4.26. The van der Waals surface area contributed by atoms with E-state index < -0.39 is 11.9 Å². The first-order valence-corrected chi connectivity index (χ1v) is 7.33. The van der Waals surface area contributed by atoms with Crippen molar-refractivity contribution in [2.45, 2.75) is 12.8 Å². The van der Waals surface area contributed by atoms with Gasteiger partial charge in [-0.3, -0.25) is 14.5 Å². The second-order valence-electron chi connectivity index (χ2n) is 5.40. The molecule has 0 amide bonds. The molecule has 0 bridgehead atoms. The summed E-state index contributed by atoms with van der Waals surface area (Å²) in [5, 5.41) is 0. The predicted octanol–water partition coefficient (Wildman–Crippen LogP) is -0.227.